The number of nitrogens with two attached hydrogens (primary N) is 1. The zero-order chi connectivity index (χ0) is 13.7. The van der Waals surface area contributed by atoms with Crippen LogP contribution in [0.15, 0.2) is 11.6 Å². The molecule has 5 heteroatoms. The van der Waals surface area contributed by atoms with Gasteiger partial charge in [0.15, 0.2) is 0 Å². The number of methoxy groups -OCH3 is 2. The number of aliphatic hydroxyl groups excluding tert-OH is 1. The molecule has 0 bridgehead atoms. The molecule has 1 unspecified atom stereocenters. The van der Waals surface area contributed by atoms with Gasteiger partial charge in [0.05, 0.1) is 7.11 Å². The molecule has 0 amide bonds. The number of rotatable bonds is 2. The van der Waals surface area contributed by atoms with Gasteiger partial charge >= 0.3 is 5.97 Å². The van der Waals surface area contributed by atoms with Crippen LogP contribution in [0.5, 0.6) is 0 Å². The number of carbonyl (C=O) groups excluding carboxylic acids is 1. The Kier molecular flexibility index (Phi) is 14.3. The summed E-state index contributed by atoms with van der Waals surface area (Å²) in [5.74, 6) is -0.236. The first-order chi connectivity index (χ1) is 8.15. The minimum absolute atomic E-state index is 0.133. The highest BCUT2D eigenvalue weighted by Gasteiger charge is 2.17. The van der Waals surface area contributed by atoms with Crippen molar-refractivity contribution >= 4 is 5.97 Å². The van der Waals surface area contributed by atoms with Crippen LogP contribution in [0.4, 0.5) is 0 Å². The first-order valence-electron chi connectivity index (χ1n) is 5.78. The lowest BCUT2D eigenvalue weighted by atomic mass is 9.96. The van der Waals surface area contributed by atoms with E-state index in [9.17, 15) is 4.79 Å². The monoisotopic (exact) mass is 247 g/mol. The lowest BCUT2D eigenvalue weighted by Crippen LogP contribution is -2.25. The van der Waals surface area contributed by atoms with Crippen molar-refractivity contribution in [2.75, 3.05) is 21.0 Å². The molecule has 1 aliphatic rings. The van der Waals surface area contributed by atoms with Crippen LogP contribution in [0, 0.1) is 0 Å². The van der Waals surface area contributed by atoms with Crippen LogP contribution in [0.1, 0.15) is 33.1 Å². The van der Waals surface area contributed by atoms with Crippen molar-refractivity contribution in [1.82, 2.24) is 0 Å². The van der Waals surface area contributed by atoms with Gasteiger partial charge in [-0.15, -0.1) is 0 Å². The van der Waals surface area contributed by atoms with Crippen molar-refractivity contribution in [3.63, 3.8) is 0 Å². The van der Waals surface area contributed by atoms with E-state index in [1.54, 1.807) is 0 Å². The quantitative estimate of drug-likeness (QED) is 0.566. The molecular formula is C12H25NO4. The van der Waals surface area contributed by atoms with Crippen LogP contribution >= 0.6 is 0 Å². The highest BCUT2D eigenvalue weighted by molar-refractivity contribution is 5.88. The molecule has 1 atom stereocenters. The van der Waals surface area contributed by atoms with E-state index in [0.717, 1.165) is 18.4 Å². The van der Waals surface area contributed by atoms with E-state index in [0.29, 0.717) is 6.42 Å². The Morgan fingerprint density at radius 3 is 2.41 bits per heavy atom. The van der Waals surface area contributed by atoms with Crippen molar-refractivity contribution in [2.45, 2.75) is 39.2 Å². The summed E-state index contributed by atoms with van der Waals surface area (Å²) in [6, 6.07) is 0.133. The molecule has 0 heterocycles. The van der Waals surface area contributed by atoms with Crippen molar-refractivity contribution in [1.29, 1.82) is 0 Å². The van der Waals surface area contributed by atoms with Crippen LogP contribution in [0.2, 0.25) is 0 Å². The molecule has 0 aromatic rings. The second-order valence-corrected chi connectivity index (χ2v) is 3.18. The normalized spacial score (nSPS) is 17.8. The van der Waals surface area contributed by atoms with Crippen LogP contribution in [-0.4, -0.2) is 38.1 Å². The summed E-state index contributed by atoms with van der Waals surface area (Å²) in [7, 11) is 2.82. The van der Waals surface area contributed by atoms with Crippen molar-refractivity contribution in [3.05, 3.63) is 11.6 Å². The SMILES string of the molecule is CC.COC(=O)C1=CCCC(N)C1.COCO. The van der Waals surface area contributed by atoms with Gasteiger partial charge in [-0.1, -0.05) is 19.9 Å². The van der Waals surface area contributed by atoms with Gasteiger partial charge in [-0.05, 0) is 19.3 Å². The third kappa shape index (κ3) is 9.99. The van der Waals surface area contributed by atoms with E-state index in [4.69, 9.17) is 10.8 Å². The summed E-state index contributed by atoms with van der Waals surface area (Å²) >= 11 is 0. The van der Waals surface area contributed by atoms with E-state index in [2.05, 4.69) is 9.47 Å². The number of aliphatic hydroxyl groups is 1. The lowest BCUT2D eigenvalue weighted by Gasteiger charge is -2.16. The molecule has 102 valence electrons. The van der Waals surface area contributed by atoms with Crippen LogP contribution < -0.4 is 5.73 Å². The minimum atomic E-state index is -0.236. The van der Waals surface area contributed by atoms with Crippen molar-refractivity contribution in [2.24, 2.45) is 5.73 Å². The average Bonchev–Trinajstić information content (AvgIpc) is 2.40. The summed E-state index contributed by atoms with van der Waals surface area (Å²) in [5, 5.41) is 7.65. The third-order valence-corrected chi connectivity index (χ3v) is 1.99. The van der Waals surface area contributed by atoms with Gasteiger partial charge in [-0.2, -0.15) is 0 Å². The number of carbonyl (C=O) groups is 1. The van der Waals surface area contributed by atoms with Gasteiger partial charge in [0.25, 0.3) is 0 Å². The second kappa shape index (κ2) is 13.2. The van der Waals surface area contributed by atoms with Gasteiger partial charge in [0.2, 0.25) is 0 Å². The fourth-order valence-electron chi connectivity index (χ4n) is 1.24. The molecule has 0 saturated heterocycles. The fourth-order valence-corrected chi connectivity index (χ4v) is 1.24. The largest absolute Gasteiger partial charge is 0.466 e. The van der Waals surface area contributed by atoms with E-state index in [1.807, 2.05) is 19.9 Å². The predicted molar refractivity (Wildman–Crippen MR) is 67.4 cm³/mol. The summed E-state index contributed by atoms with van der Waals surface area (Å²) < 4.78 is 8.67. The Morgan fingerprint density at radius 1 is 1.53 bits per heavy atom. The topological polar surface area (TPSA) is 81.8 Å². The Morgan fingerprint density at radius 2 is 2.06 bits per heavy atom. The lowest BCUT2D eigenvalue weighted by molar-refractivity contribution is -0.136. The molecule has 0 saturated carbocycles. The third-order valence-electron chi connectivity index (χ3n) is 1.99. The Labute approximate surface area is 104 Å². The van der Waals surface area contributed by atoms with E-state index < -0.39 is 0 Å². The van der Waals surface area contributed by atoms with Gasteiger partial charge in [0.1, 0.15) is 6.79 Å². The molecule has 17 heavy (non-hydrogen) atoms. The second-order valence-electron chi connectivity index (χ2n) is 3.18. The molecule has 3 N–H and O–H groups in total. The molecule has 0 spiro atoms. The summed E-state index contributed by atoms with van der Waals surface area (Å²) in [6.45, 7) is 3.82. The first-order valence-corrected chi connectivity index (χ1v) is 5.78. The highest BCUT2D eigenvalue weighted by Crippen LogP contribution is 2.17. The van der Waals surface area contributed by atoms with Crippen LogP contribution in [0.3, 0.4) is 0 Å². The Bertz CT molecular complexity index is 215. The van der Waals surface area contributed by atoms with Gasteiger partial charge in [0, 0.05) is 18.7 Å². The van der Waals surface area contributed by atoms with E-state index >= 15 is 0 Å². The Balaban J connectivity index is 0. The van der Waals surface area contributed by atoms with Crippen LogP contribution in [-0.2, 0) is 14.3 Å². The molecule has 5 nitrogen and oxygen atoms in total. The summed E-state index contributed by atoms with van der Waals surface area (Å²) in [5.41, 5.74) is 6.40. The number of esters is 1. The maximum atomic E-state index is 11.0. The molecule has 0 aromatic heterocycles. The van der Waals surface area contributed by atoms with Gasteiger partial charge in [-0.25, -0.2) is 4.79 Å². The van der Waals surface area contributed by atoms with Crippen molar-refractivity contribution < 1.29 is 19.4 Å². The van der Waals surface area contributed by atoms with Gasteiger partial charge < -0.3 is 20.3 Å². The molecule has 0 radical (unpaired) electrons. The standard InChI is InChI=1S/C8H13NO2.C2H6O2.C2H6/c1-11-8(10)6-3-2-4-7(9)5-6;1-4-2-3;1-2/h3,7H,2,4-5,9H2,1H3;3H,2H2,1H3;1-2H3. The first kappa shape index (κ1) is 18.5. The number of ether oxygens (including phenoxy) is 2. The van der Waals surface area contributed by atoms with Crippen molar-refractivity contribution in [3.8, 4) is 0 Å². The average molecular weight is 247 g/mol. The summed E-state index contributed by atoms with van der Waals surface area (Å²) in [4.78, 5) is 11.0. The van der Waals surface area contributed by atoms with E-state index in [-0.39, 0.29) is 18.8 Å². The summed E-state index contributed by atoms with van der Waals surface area (Å²) in [6.07, 6.45) is 4.44. The molecular weight excluding hydrogens is 222 g/mol. The zero-order valence-corrected chi connectivity index (χ0v) is 11.2. The Hall–Kier alpha value is -0.910. The predicted octanol–water partition coefficient (Wildman–Crippen LogP) is 1.21. The molecule has 1 aliphatic carbocycles. The van der Waals surface area contributed by atoms with Crippen LogP contribution in [0.25, 0.3) is 0 Å². The maximum Gasteiger partial charge on any atom is 0.333 e. The smallest absolute Gasteiger partial charge is 0.333 e. The number of allylic oxidation sites excluding steroid dienone is 1. The highest BCUT2D eigenvalue weighted by atomic mass is 16.6. The molecule has 0 fully saturated rings. The molecule has 0 aliphatic heterocycles. The minimum Gasteiger partial charge on any atom is -0.466 e. The number of hydrogen-bond acceptors (Lipinski definition) is 5. The zero-order valence-electron chi connectivity index (χ0n) is 11.2. The number of hydrogen-bond donors (Lipinski definition) is 2. The van der Waals surface area contributed by atoms with E-state index in [1.165, 1.54) is 14.2 Å². The fraction of sp³-hybridized carbons (Fsp3) is 0.750. The molecule has 1 rings (SSSR count). The maximum absolute atomic E-state index is 11.0. The molecule has 0 aromatic carbocycles. The van der Waals surface area contributed by atoms with Gasteiger partial charge in [-0.3, -0.25) is 0 Å².